The fraction of sp³-hybridized carbons (Fsp3) is 0.867. The van der Waals surface area contributed by atoms with Crippen molar-refractivity contribution in [2.24, 2.45) is 0 Å². The lowest BCUT2D eigenvalue weighted by molar-refractivity contribution is -0.198. The molecule has 1 heterocycles. The van der Waals surface area contributed by atoms with Gasteiger partial charge in [0.05, 0.1) is 19.8 Å². The number of rotatable bonds is 9. The van der Waals surface area contributed by atoms with Crippen molar-refractivity contribution in [3.05, 3.63) is 12.2 Å². The van der Waals surface area contributed by atoms with Crippen molar-refractivity contribution in [1.29, 1.82) is 0 Å². The van der Waals surface area contributed by atoms with Crippen molar-refractivity contribution >= 4 is 0 Å². The first-order chi connectivity index (χ1) is 9.66. The Morgan fingerprint density at radius 3 is 2.65 bits per heavy atom. The molecule has 4 atom stereocenters. The maximum Gasteiger partial charge on any atom is 0.111 e. The highest BCUT2D eigenvalue weighted by molar-refractivity contribution is 4.87. The molecule has 5 heteroatoms. The number of hydrogen-bond acceptors (Lipinski definition) is 5. The fourth-order valence-corrected chi connectivity index (χ4v) is 2.14. The summed E-state index contributed by atoms with van der Waals surface area (Å²) in [6, 6.07) is 0. The van der Waals surface area contributed by atoms with Gasteiger partial charge in [-0.2, -0.15) is 0 Å². The van der Waals surface area contributed by atoms with E-state index in [-0.39, 0.29) is 13.2 Å². The molecule has 0 unspecified atom stereocenters. The van der Waals surface area contributed by atoms with E-state index in [2.05, 4.69) is 13.0 Å². The van der Waals surface area contributed by atoms with Gasteiger partial charge >= 0.3 is 0 Å². The van der Waals surface area contributed by atoms with E-state index in [1.807, 2.05) is 6.08 Å². The zero-order chi connectivity index (χ0) is 14.8. The Morgan fingerprint density at radius 2 is 1.90 bits per heavy atom. The first kappa shape index (κ1) is 17.6. The third-order valence-corrected chi connectivity index (χ3v) is 3.49. The molecule has 1 saturated heterocycles. The van der Waals surface area contributed by atoms with Crippen LogP contribution >= 0.6 is 0 Å². The standard InChI is InChI=1S/C15H28O5/c1-2-3-4-5-6-7-8-9-19-11-13-15(18)14(17)12(16)10-20-13/h7-8,12-18H,2-6,9-11H2,1H3/b8-7+/t12-,13+,14+,15+/m0/s1. The number of aliphatic hydroxyl groups is 3. The average Bonchev–Trinajstić information content (AvgIpc) is 2.45. The molecule has 20 heavy (non-hydrogen) atoms. The molecule has 3 N–H and O–H groups in total. The number of ether oxygens (including phenoxy) is 2. The van der Waals surface area contributed by atoms with Crippen LogP contribution in [-0.2, 0) is 9.47 Å². The van der Waals surface area contributed by atoms with E-state index in [1.165, 1.54) is 25.7 Å². The second-order valence-corrected chi connectivity index (χ2v) is 5.28. The molecule has 1 rings (SSSR count). The van der Waals surface area contributed by atoms with Crippen LogP contribution in [0.1, 0.15) is 39.0 Å². The van der Waals surface area contributed by atoms with E-state index in [1.54, 1.807) is 0 Å². The van der Waals surface area contributed by atoms with Gasteiger partial charge in [-0.25, -0.2) is 0 Å². The van der Waals surface area contributed by atoms with Crippen LogP contribution in [0.4, 0.5) is 0 Å². The highest BCUT2D eigenvalue weighted by atomic mass is 16.6. The van der Waals surface area contributed by atoms with Crippen LogP contribution in [0.5, 0.6) is 0 Å². The third kappa shape index (κ3) is 6.33. The van der Waals surface area contributed by atoms with Gasteiger partial charge in [0.25, 0.3) is 0 Å². The van der Waals surface area contributed by atoms with Crippen molar-refractivity contribution in [1.82, 2.24) is 0 Å². The van der Waals surface area contributed by atoms with Crippen molar-refractivity contribution in [2.45, 2.75) is 63.4 Å². The lowest BCUT2D eigenvalue weighted by Gasteiger charge is -2.34. The van der Waals surface area contributed by atoms with Gasteiger partial charge in [0.15, 0.2) is 0 Å². The molecule has 0 spiro atoms. The largest absolute Gasteiger partial charge is 0.388 e. The summed E-state index contributed by atoms with van der Waals surface area (Å²) in [4.78, 5) is 0. The van der Waals surface area contributed by atoms with Gasteiger partial charge in [-0.1, -0.05) is 38.3 Å². The Balaban J connectivity index is 2.05. The number of aliphatic hydroxyl groups excluding tert-OH is 3. The van der Waals surface area contributed by atoms with Crippen molar-refractivity contribution in [2.75, 3.05) is 19.8 Å². The van der Waals surface area contributed by atoms with Crippen LogP contribution in [0.25, 0.3) is 0 Å². The summed E-state index contributed by atoms with van der Waals surface area (Å²) in [6.07, 6.45) is 6.28. The Morgan fingerprint density at radius 1 is 1.10 bits per heavy atom. The van der Waals surface area contributed by atoms with Gasteiger partial charge in [0, 0.05) is 0 Å². The molecule has 0 aromatic heterocycles. The number of hydrogen-bond donors (Lipinski definition) is 3. The van der Waals surface area contributed by atoms with Crippen LogP contribution in [-0.4, -0.2) is 59.6 Å². The molecule has 0 radical (unpaired) electrons. The van der Waals surface area contributed by atoms with Crippen LogP contribution in [0.15, 0.2) is 12.2 Å². The maximum absolute atomic E-state index is 9.70. The normalized spacial score (nSPS) is 31.0. The molecule has 1 aliphatic heterocycles. The minimum Gasteiger partial charge on any atom is -0.388 e. The molecule has 118 valence electrons. The minimum absolute atomic E-state index is 0.0273. The molecular formula is C15H28O5. The van der Waals surface area contributed by atoms with Crippen molar-refractivity contribution in [3.63, 3.8) is 0 Å². The fourth-order valence-electron chi connectivity index (χ4n) is 2.14. The molecule has 5 nitrogen and oxygen atoms in total. The van der Waals surface area contributed by atoms with E-state index < -0.39 is 24.4 Å². The van der Waals surface area contributed by atoms with Crippen molar-refractivity contribution in [3.8, 4) is 0 Å². The van der Waals surface area contributed by atoms with Gasteiger partial charge in [0.2, 0.25) is 0 Å². The quantitative estimate of drug-likeness (QED) is 0.436. The summed E-state index contributed by atoms with van der Waals surface area (Å²) in [6.45, 7) is 2.91. The molecule has 0 amide bonds. The van der Waals surface area contributed by atoms with Crippen LogP contribution < -0.4 is 0 Å². The molecule has 0 aliphatic carbocycles. The highest BCUT2D eigenvalue weighted by Gasteiger charge is 2.37. The molecule has 0 bridgehead atoms. The maximum atomic E-state index is 9.70. The van der Waals surface area contributed by atoms with E-state index in [9.17, 15) is 15.3 Å². The highest BCUT2D eigenvalue weighted by Crippen LogP contribution is 2.15. The predicted molar refractivity (Wildman–Crippen MR) is 76.5 cm³/mol. The van der Waals surface area contributed by atoms with E-state index in [4.69, 9.17) is 9.47 Å². The second kappa shape index (κ2) is 10.3. The van der Waals surface area contributed by atoms with E-state index in [0.29, 0.717) is 6.61 Å². The van der Waals surface area contributed by atoms with Crippen LogP contribution in [0.3, 0.4) is 0 Å². The summed E-state index contributed by atoms with van der Waals surface area (Å²) in [7, 11) is 0. The molecule has 0 saturated carbocycles. The van der Waals surface area contributed by atoms with Gasteiger partial charge < -0.3 is 24.8 Å². The van der Waals surface area contributed by atoms with E-state index >= 15 is 0 Å². The van der Waals surface area contributed by atoms with Gasteiger partial charge in [0.1, 0.15) is 24.4 Å². The molecule has 1 fully saturated rings. The van der Waals surface area contributed by atoms with Crippen LogP contribution in [0.2, 0.25) is 0 Å². The second-order valence-electron chi connectivity index (χ2n) is 5.28. The number of unbranched alkanes of at least 4 members (excludes halogenated alkanes) is 4. The zero-order valence-electron chi connectivity index (χ0n) is 12.3. The monoisotopic (exact) mass is 288 g/mol. The molecule has 0 aromatic rings. The Hall–Kier alpha value is -0.460. The summed E-state index contributed by atoms with van der Waals surface area (Å²) in [5.74, 6) is 0. The third-order valence-electron chi connectivity index (χ3n) is 3.49. The molecular weight excluding hydrogens is 260 g/mol. The Labute approximate surface area is 121 Å². The molecule has 0 aromatic carbocycles. The van der Waals surface area contributed by atoms with Crippen molar-refractivity contribution < 1.29 is 24.8 Å². The summed E-state index contributed by atoms with van der Waals surface area (Å²) >= 11 is 0. The zero-order valence-corrected chi connectivity index (χ0v) is 12.3. The SMILES string of the molecule is CCCCCC/C=C/COC[C@H]1OC[C@H](O)[C@@H](O)[C@@H]1O. The van der Waals surface area contributed by atoms with Gasteiger partial charge in [-0.3, -0.25) is 0 Å². The lowest BCUT2D eigenvalue weighted by atomic mass is 10.0. The Bertz CT molecular complexity index is 269. The summed E-state index contributed by atoms with van der Waals surface area (Å²) in [5, 5.41) is 28.5. The van der Waals surface area contributed by atoms with E-state index in [0.717, 1.165) is 6.42 Å². The van der Waals surface area contributed by atoms with Gasteiger partial charge in [-0.15, -0.1) is 0 Å². The predicted octanol–water partition coefficient (Wildman–Crippen LogP) is 1.01. The lowest BCUT2D eigenvalue weighted by Crippen LogP contribution is -2.54. The summed E-state index contributed by atoms with van der Waals surface area (Å²) < 4.78 is 10.6. The minimum atomic E-state index is -1.16. The first-order valence-electron chi connectivity index (χ1n) is 7.55. The topological polar surface area (TPSA) is 79.2 Å². The number of allylic oxidation sites excluding steroid dienone is 1. The van der Waals surface area contributed by atoms with Crippen LogP contribution in [0, 0.1) is 0 Å². The summed E-state index contributed by atoms with van der Waals surface area (Å²) in [5.41, 5.74) is 0. The van der Waals surface area contributed by atoms with Gasteiger partial charge in [-0.05, 0) is 12.8 Å². The first-order valence-corrected chi connectivity index (χ1v) is 7.55. The Kier molecular flexibility index (Phi) is 9.05. The average molecular weight is 288 g/mol. The smallest absolute Gasteiger partial charge is 0.111 e. The molecule has 1 aliphatic rings.